The van der Waals surface area contributed by atoms with Crippen molar-refractivity contribution in [3.05, 3.63) is 93.5 Å². The standard InChI is InChI=1S/C29H29Cl2N3OS/c30-24-4-6-27(31)23(15-24)18-33-17-20-2-1-3-25(13-20)36-26-5-7-28-21(16-26)14-22(29(32)34-28)12-19-8-10-35-11-9-19/h1-7,13-16,19,33H,8-12,17-18H2,(H2,32,34). The quantitative estimate of drug-likeness (QED) is 0.243. The van der Waals surface area contributed by atoms with Crippen LogP contribution in [0.25, 0.3) is 10.9 Å². The van der Waals surface area contributed by atoms with E-state index in [2.05, 4.69) is 58.8 Å². The van der Waals surface area contributed by atoms with E-state index in [1.165, 1.54) is 15.4 Å². The average Bonchev–Trinajstić information content (AvgIpc) is 2.88. The molecule has 5 rings (SSSR count). The van der Waals surface area contributed by atoms with Crippen LogP contribution in [0.15, 0.2) is 76.5 Å². The number of hydrogen-bond donors (Lipinski definition) is 2. The normalized spacial score (nSPS) is 14.4. The molecule has 36 heavy (non-hydrogen) atoms. The second-order valence-corrected chi connectivity index (χ2v) is 11.2. The Kier molecular flexibility index (Phi) is 8.35. The van der Waals surface area contributed by atoms with E-state index >= 15 is 0 Å². The van der Waals surface area contributed by atoms with Crippen molar-refractivity contribution in [1.29, 1.82) is 0 Å². The van der Waals surface area contributed by atoms with Crippen LogP contribution in [0.2, 0.25) is 10.0 Å². The molecule has 1 fully saturated rings. The van der Waals surface area contributed by atoms with Gasteiger partial charge in [-0.05, 0) is 96.5 Å². The molecule has 1 saturated heterocycles. The number of hydrogen-bond acceptors (Lipinski definition) is 5. The van der Waals surface area contributed by atoms with Gasteiger partial charge in [0.2, 0.25) is 0 Å². The molecule has 0 atom stereocenters. The van der Waals surface area contributed by atoms with Crippen LogP contribution in [0.4, 0.5) is 5.82 Å². The lowest BCUT2D eigenvalue weighted by Crippen LogP contribution is -2.18. The van der Waals surface area contributed by atoms with Crippen LogP contribution >= 0.6 is 35.0 Å². The minimum absolute atomic E-state index is 0.615. The molecule has 3 N–H and O–H groups in total. The summed E-state index contributed by atoms with van der Waals surface area (Å²) in [5, 5.41) is 6.01. The van der Waals surface area contributed by atoms with Gasteiger partial charge in [-0.25, -0.2) is 4.98 Å². The maximum Gasteiger partial charge on any atom is 0.127 e. The molecule has 0 aliphatic carbocycles. The summed E-state index contributed by atoms with van der Waals surface area (Å²) in [5.41, 5.74) is 10.6. The number of anilines is 1. The van der Waals surface area contributed by atoms with E-state index in [4.69, 9.17) is 33.7 Å². The van der Waals surface area contributed by atoms with Crippen molar-refractivity contribution in [2.24, 2.45) is 5.92 Å². The van der Waals surface area contributed by atoms with Crippen LogP contribution < -0.4 is 11.1 Å². The fourth-order valence-electron chi connectivity index (χ4n) is 4.58. The summed E-state index contributed by atoms with van der Waals surface area (Å²) in [6.07, 6.45) is 3.14. The molecule has 0 unspecified atom stereocenters. The third-order valence-corrected chi connectivity index (χ3v) is 8.12. The van der Waals surface area contributed by atoms with Gasteiger partial charge in [0.25, 0.3) is 0 Å². The van der Waals surface area contributed by atoms with Crippen molar-refractivity contribution in [2.45, 2.75) is 42.1 Å². The average molecular weight is 539 g/mol. The van der Waals surface area contributed by atoms with Crippen LogP contribution in [0.5, 0.6) is 0 Å². The number of rotatable bonds is 8. The van der Waals surface area contributed by atoms with E-state index in [-0.39, 0.29) is 0 Å². The Balaban J connectivity index is 1.26. The molecule has 1 aliphatic heterocycles. The Morgan fingerprint density at radius 3 is 2.61 bits per heavy atom. The van der Waals surface area contributed by atoms with Gasteiger partial charge < -0.3 is 15.8 Å². The Hall–Kier alpha value is -2.28. The Bertz CT molecular complexity index is 1360. The summed E-state index contributed by atoms with van der Waals surface area (Å²) in [7, 11) is 0. The molecule has 4 aromatic rings. The fraction of sp³-hybridized carbons (Fsp3) is 0.276. The third kappa shape index (κ3) is 6.53. The second kappa shape index (κ2) is 11.8. The number of nitrogens with zero attached hydrogens (tertiary/aromatic N) is 1. The first-order valence-electron chi connectivity index (χ1n) is 12.2. The van der Waals surface area contributed by atoms with Crippen molar-refractivity contribution in [3.8, 4) is 0 Å². The zero-order chi connectivity index (χ0) is 24.9. The highest BCUT2D eigenvalue weighted by molar-refractivity contribution is 7.99. The van der Waals surface area contributed by atoms with E-state index < -0.39 is 0 Å². The summed E-state index contributed by atoms with van der Waals surface area (Å²) in [4.78, 5) is 7.06. The van der Waals surface area contributed by atoms with Crippen molar-refractivity contribution in [3.63, 3.8) is 0 Å². The molecule has 1 aliphatic rings. The lowest BCUT2D eigenvalue weighted by molar-refractivity contribution is 0.0666. The molecule has 2 heterocycles. The molecular weight excluding hydrogens is 509 g/mol. The van der Waals surface area contributed by atoms with Gasteiger partial charge in [-0.15, -0.1) is 0 Å². The van der Waals surface area contributed by atoms with Crippen molar-refractivity contribution in [2.75, 3.05) is 18.9 Å². The topological polar surface area (TPSA) is 60.2 Å². The molecule has 4 nitrogen and oxygen atoms in total. The first-order valence-corrected chi connectivity index (χ1v) is 13.8. The van der Waals surface area contributed by atoms with Gasteiger partial charge in [0.15, 0.2) is 0 Å². The first-order chi connectivity index (χ1) is 17.5. The van der Waals surface area contributed by atoms with Crippen LogP contribution in [-0.4, -0.2) is 18.2 Å². The second-order valence-electron chi connectivity index (χ2n) is 9.24. The fourth-order valence-corrected chi connectivity index (χ4v) is 5.91. The molecule has 0 spiro atoms. The highest BCUT2D eigenvalue weighted by Crippen LogP contribution is 2.32. The molecule has 0 radical (unpaired) electrons. The van der Waals surface area contributed by atoms with E-state index in [0.29, 0.717) is 23.3 Å². The van der Waals surface area contributed by atoms with E-state index in [0.717, 1.165) is 66.1 Å². The molecule has 0 bridgehead atoms. The lowest BCUT2D eigenvalue weighted by atomic mass is 9.92. The number of nitrogens with two attached hydrogens (primary N) is 1. The van der Waals surface area contributed by atoms with Crippen LogP contribution in [0.1, 0.15) is 29.5 Å². The molecule has 1 aromatic heterocycles. The van der Waals surface area contributed by atoms with Crippen LogP contribution in [-0.2, 0) is 24.2 Å². The minimum atomic E-state index is 0.615. The smallest absolute Gasteiger partial charge is 0.127 e. The van der Waals surface area contributed by atoms with Gasteiger partial charge in [0.1, 0.15) is 5.82 Å². The Labute approximate surface area is 226 Å². The van der Waals surface area contributed by atoms with Gasteiger partial charge in [-0.2, -0.15) is 0 Å². The molecule has 0 amide bonds. The van der Waals surface area contributed by atoms with Crippen LogP contribution in [0.3, 0.4) is 0 Å². The maximum atomic E-state index is 6.31. The lowest BCUT2D eigenvalue weighted by Gasteiger charge is -2.22. The number of nitrogens with one attached hydrogen (secondary N) is 1. The van der Waals surface area contributed by atoms with Gasteiger partial charge >= 0.3 is 0 Å². The first kappa shape index (κ1) is 25.4. The monoisotopic (exact) mass is 537 g/mol. The summed E-state index contributed by atoms with van der Waals surface area (Å²) in [6.45, 7) is 3.09. The zero-order valence-electron chi connectivity index (χ0n) is 20.0. The van der Waals surface area contributed by atoms with Crippen molar-refractivity contribution >= 4 is 51.7 Å². The number of pyridine rings is 1. The van der Waals surface area contributed by atoms with E-state index in [1.807, 2.05) is 12.1 Å². The number of aromatic nitrogens is 1. The molecule has 3 aromatic carbocycles. The molecule has 186 valence electrons. The van der Waals surface area contributed by atoms with E-state index in [9.17, 15) is 0 Å². The number of halogens is 2. The van der Waals surface area contributed by atoms with Crippen molar-refractivity contribution < 1.29 is 4.74 Å². The predicted molar refractivity (Wildman–Crippen MR) is 151 cm³/mol. The summed E-state index contributed by atoms with van der Waals surface area (Å²) < 4.78 is 5.51. The maximum absolute atomic E-state index is 6.31. The van der Waals surface area contributed by atoms with Crippen LogP contribution in [0, 0.1) is 5.92 Å². The summed E-state index contributed by atoms with van der Waals surface area (Å²) in [5.74, 6) is 1.26. The molecular formula is C29H29Cl2N3OS. The van der Waals surface area contributed by atoms with Gasteiger partial charge in [0, 0.05) is 51.5 Å². The van der Waals surface area contributed by atoms with Gasteiger partial charge in [0.05, 0.1) is 5.52 Å². The Morgan fingerprint density at radius 1 is 0.917 bits per heavy atom. The third-order valence-electron chi connectivity index (χ3n) is 6.53. The number of benzene rings is 3. The largest absolute Gasteiger partial charge is 0.383 e. The molecule has 7 heteroatoms. The highest BCUT2D eigenvalue weighted by atomic mass is 35.5. The van der Waals surface area contributed by atoms with Gasteiger partial charge in [-0.3, -0.25) is 0 Å². The highest BCUT2D eigenvalue weighted by Gasteiger charge is 2.16. The van der Waals surface area contributed by atoms with Gasteiger partial charge in [-0.1, -0.05) is 47.1 Å². The minimum Gasteiger partial charge on any atom is -0.383 e. The summed E-state index contributed by atoms with van der Waals surface area (Å²) >= 11 is 14.1. The predicted octanol–water partition coefficient (Wildman–Crippen LogP) is 7.53. The Morgan fingerprint density at radius 2 is 1.75 bits per heavy atom. The molecule has 0 saturated carbocycles. The zero-order valence-corrected chi connectivity index (χ0v) is 22.3. The van der Waals surface area contributed by atoms with E-state index in [1.54, 1.807) is 17.8 Å². The summed E-state index contributed by atoms with van der Waals surface area (Å²) in [6, 6.07) is 22.7. The SMILES string of the molecule is Nc1nc2ccc(Sc3cccc(CNCc4cc(Cl)ccc4Cl)c3)cc2cc1CC1CCOCC1. The number of ether oxygens (including phenoxy) is 1. The number of fused-ring (bicyclic) bond motifs is 1. The number of nitrogen functional groups attached to an aromatic ring is 1. The van der Waals surface area contributed by atoms with Crippen molar-refractivity contribution in [1.82, 2.24) is 10.3 Å².